The second kappa shape index (κ2) is 5.56. The average molecular weight is 249 g/mol. The van der Waals surface area contributed by atoms with Gasteiger partial charge >= 0.3 is 0 Å². The molecular weight excluding hydrogens is 230 g/mol. The zero-order chi connectivity index (χ0) is 12.3. The first-order valence-electron chi connectivity index (χ1n) is 6.13. The fourth-order valence-corrected chi connectivity index (χ4v) is 2.64. The van der Waals surface area contributed by atoms with Gasteiger partial charge in [-0.15, -0.1) is 0 Å². The lowest BCUT2D eigenvalue weighted by Gasteiger charge is -2.31. The summed E-state index contributed by atoms with van der Waals surface area (Å²) in [4.78, 5) is 7.13. The highest BCUT2D eigenvalue weighted by molar-refractivity contribution is 7.80. The Morgan fingerprint density at radius 3 is 3.18 bits per heavy atom. The van der Waals surface area contributed by atoms with Crippen molar-refractivity contribution in [2.24, 2.45) is 11.7 Å². The van der Waals surface area contributed by atoms with E-state index in [1.165, 1.54) is 12.8 Å². The standard InChI is InChI=1S/C13H19N3S/c1-10-4-3-7-16(8-10)9-11-5-2-6-15-12(11)13(14)17/h2,5-6,10H,3-4,7-9H2,1H3,(H2,14,17). The van der Waals surface area contributed by atoms with E-state index in [-0.39, 0.29) is 0 Å². The highest BCUT2D eigenvalue weighted by Gasteiger charge is 2.17. The van der Waals surface area contributed by atoms with Crippen molar-refractivity contribution in [3.05, 3.63) is 29.6 Å². The minimum atomic E-state index is 0.394. The van der Waals surface area contributed by atoms with E-state index >= 15 is 0 Å². The van der Waals surface area contributed by atoms with E-state index in [4.69, 9.17) is 18.0 Å². The Morgan fingerprint density at radius 1 is 1.65 bits per heavy atom. The Labute approximate surface area is 108 Å². The number of hydrogen-bond acceptors (Lipinski definition) is 3. The molecule has 1 aliphatic rings. The molecule has 1 atom stereocenters. The quantitative estimate of drug-likeness (QED) is 0.831. The minimum Gasteiger partial charge on any atom is -0.388 e. The summed E-state index contributed by atoms with van der Waals surface area (Å²) in [5.41, 5.74) is 7.62. The van der Waals surface area contributed by atoms with Gasteiger partial charge in [0.2, 0.25) is 0 Å². The minimum absolute atomic E-state index is 0.394. The van der Waals surface area contributed by atoms with Crippen LogP contribution in [0, 0.1) is 5.92 Å². The number of hydrogen-bond donors (Lipinski definition) is 1. The van der Waals surface area contributed by atoms with Crippen LogP contribution in [0.3, 0.4) is 0 Å². The molecule has 1 unspecified atom stereocenters. The fraction of sp³-hybridized carbons (Fsp3) is 0.538. The summed E-state index contributed by atoms with van der Waals surface area (Å²) < 4.78 is 0. The van der Waals surface area contributed by atoms with E-state index in [1.54, 1.807) is 6.20 Å². The van der Waals surface area contributed by atoms with Gasteiger partial charge in [0.25, 0.3) is 0 Å². The highest BCUT2D eigenvalue weighted by Crippen LogP contribution is 2.18. The maximum atomic E-state index is 5.70. The Bertz CT molecular complexity index is 405. The van der Waals surface area contributed by atoms with Gasteiger partial charge in [-0.25, -0.2) is 0 Å². The lowest BCUT2D eigenvalue weighted by Crippen LogP contribution is -2.34. The van der Waals surface area contributed by atoms with E-state index in [0.717, 1.165) is 36.8 Å². The zero-order valence-electron chi connectivity index (χ0n) is 10.2. The summed E-state index contributed by atoms with van der Waals surface area (Å²) in [6, 6.07) is 4.02. The van der Waals surface area contributed by atoms with Crippen LogP contribution >= 0.6 is 12.2 Å². The number of rotatable bonds is 3. The second-order valence-electron chi connectivity index (χ2n) is 4.86. The van der Waals surface area contributed by atoms with E-state index in [2.05, 4.69) is 22.9 Å². The molecule has 0 spiro atoms. The van der Waals surface area contributed by atoms with E-state index < -0.39 is 0 Å². The Hall–Kier alpha value is -1.00. The number of nitrogens with zero attached hydrogens (tertiary/aromatic N) is 2. The molecule has 2 rings (SSSR count). The van der Waals surface area contributed by atoms with Gasteiger partial charge in [0, 0.05) is 19.3 Å². The number of piperidine rings is 1. The summed E-state index contributed by atoms with van der Waals surface area (Å²) >= 11 is 5.04. The molecule has 2 N–H and O–H groups in total. The largest absolute Gasteiger partial charge is 0.388 e. The molecule has 17 heavy (non-hydrogen) atoms. The van der Waals surface area contributed by atoms with Gasteiger partial charge in [0.05, 0.1) is 0 Å². The lowest BCUT2D eigenvalue weighted by atomic mass is 9.99. The van der Waals surface area contributed by atoms with E-state index in [9.17, 15) is 0 Å². The van der Waals surface area contributed by atoms with Crippen molar-refractivity contribution in [3.8, 4) is 0 Å². The predicted octanol–water partition coefficient (Wildman–Crippen LogP) is 1.95. The summed E-state index contributed by atoms with van der Waals surface area (Å²) in [5, 5.41) is 0. The molecule has 3 nitrogen and oxygen atoms in total. The first kappa shape index (κ1) is 12.5. The molecule has 0 radical (unpaired) electrons. The molecule has 0 bridgehead atoms. The average Bonchev–Trinajstić information content (AvgIpc) is 2.29. The van der Waals surface area contributed by atoms with Crippen LogP contribution in [0.4, 0.5) is 0 Å². The summed E-state index contributed by atoms with van der Waals surface area (Å²) in [5.74, 6) is 0.786. The van der Waals surface area contributed by atoms with Crippen LogP contribution in [0.2, 0.25) is 0 Å². The molecule has 0 aromatic carbocycles. The first-order valence-corrected chi connectivity index (χ1v) is 6.53. The molecule has 4 heteroatoms. The van der Waals surface area contributed by atoms with Crippen LogP contribution in [0.15, 0.2) is 18.3 Å². The Morgan fingerprint density at radius 2 is 2.47 bits per heavy atom. The third-order valence-corrected chi connectivity index (χ3v) is 3.45. The van der Waals surface area contributed by atoms with Crippen molar-refractivity contribution in [2.45, 2.75) is 26.3 Å². The number of pyridine rings is 1. The summed E-state index contributed by atoms with van der Waals surface area (Å²) in [6.45, 7) is 5.54. The summed E-state index contributed by atoms with van der Waals surface area (Å²) in [7, 11) is 0. The lowest BCUT2D eigenvalue weighted by molar-refractivity contribution is 0.176. The van der Waals surface area contributed by atoms with Crippen molar-refractivity contribution in [1.29, 1.82) is 0 Å². The highest BCUT2D eigenvalue weighted by atomic mass is 32.1. The normalized spacial score (nSPS) is 21.4. The predicted molar refractivity (Wildman–Crippen MR) is 73.8 cm³/mol. The van der Waals surface area contributed by atoms with Crippen LogP contribution in [0.5, 0.6) is 0 Å². The van der Waals surface area contributed by atoms with Crippen molar-refractivity contribution in [2.75, 3.05) is 13.1 Å². The monoisotopic (exact) mass is 249 g/mol. The molecule has 2 heterocycles. The van der Waals surface area contributed by atoms with Crippen LogP contribution in [-0.2, 0) is 6.54 Å². The van der Waals surface area contributed by atoms with Gasteiger partial charge in [-0.1, -0.05) is 25.2 Å². The zero-order valence-corrected chi connectivity index (χ0v) is 11.0. The molecule has 0 saturated carbocycles. The fourth-order valence-electron chi connectivity index (χ4n) is 2.46. The number of aromatic nitrogens is 1. The second-order valence-corrected chi connectivity index (χ2v) is 5.30. The van der Waals surface area contributed by atoms with Gasteiger partial charge in [0.15, 0.2) is 0 Å². The molecule has 0 aliphatic carbocycles. The maximum absolute atomic E-state index is 5.70. The third kappa shape index (κ3) is 3.23. The molecule has 1 saturated heterocycles. The maximum Gasteiger partial charge on any atom is 0.123 e. The molecule has 1 aliphatic heterocycles. The van der Waals surface area contributed by atoms with Gasteiger partial charge in [-0.2, -0.15) is 0 Å². The van der Waals surface area contributed by atoms with Crippen molar-refractivity contribution < 1.29 is 0 Å². The van der Waals surface area contributed by atoms with Crippen LogP contribution in [-0.4, -0.2) is 28.0 Å². The molecule has 1 aromatic heterocycles. The van der Waals surface area contributed by atoms with E-state index in [1.807, 2.05) is 6.07 Å². The van der Waals surface area contributed by atoms with Crippen LogP contribution in [0.25, 0.3) is 0 Å². The molecule has 0 amide bonds. The van der Waals surface area contributed by atoms with Gasteiger partial charge in [-0.05, 0) is 36.9 Å². The SMILES string of the molecule is CC1CCCN(Cc2cccnc2C(N)=S)C1. The van der Waals surface area contributed by atoms with Crippen molar-refractivity contribution in [1.82, 2.24) is 9.88 Å². The van der Waals surface area contributed by atoms with Crippen molar-refractivity contribution in [3.63, 3.8) is 0 Å². The third-order valence-electron chi connectivity index (χ3n) is 3.26. The van der Waals surface area contributed by atoms with Crippen LogP contribution in [0.1, 0.15) is 31.0 Å². The Kier molecular flexibility index (Phi) is 4.07. The smallest absolute Gasteiger partial charge is 0.123 e. The van der Waals surface area contributed by atoms with Gasteiger partial charge in [0.1, 0.15) is 10.7 Å². The first-order chi connectivity index (χ1) is 8.16. The molecule has 1 aromatic rings. The summed E-state index contributed by atoms with van der Waals surface area (Å²) in [6.07, 6.45) is 4.37. The van der Waals surface area contributed by atoms with Crippen molar-refractivity contribution >= 4 is 17.2 Å². The van der Waals surface area contributed by atoms with E-state index in [0.29, 0.717) is 4.99 Å². The van der Waals surface area contributed by atoms with Gasteiger partial charge in [-0.3, -0.25) is 9.88 Å². The van der Waals surface area contributed by atoms with Crippen LogP contribution < -0.4 is 5.73 Å². The molecule has 1 fully saturated rings. The van der Waals surface area contributed by atoms with Gasteiger partial charge < -0.3 is 5.73 Å². The number of nitrogens with two attached hydrogens (primary N) is 1. The number of thiocarbonyl (C=S) groups is 1. The molecule has 92 valence electrons. The Balaban J connectivity index is 2.10. The molecular formula is C13H19N3S. The topological polar surface area (TPSA) is 42.2 Å². The number of likely N-dealkylation sites (tertiary alicyclic amines) is 1.